The van der Waals surface area contributed by atoms with Crippen LogP contribution in [0.25, 0.3) is 0 Å². The molecule has 5 heteroatoms. The van der Waals surface area contributed by atoms with Crippen molar-refractivity contribution in [3.8, 4) is 0 Å². The van der Waals surface area contributed by atoms with E-state index in [1.807, 2.05) is 13.8 Å². The zero-order valence-corrected chi connectivity index (χ0v) is 11.8. The Labute approximate surface area is 117 Å². The van der Waals surface area contributed by atoms with Gasteiger partial charge in [0.25, 0.3) is 0 Å². The van der Waals surface area contributed by atoms with Gasteiger partial charge in [0.05, 0.1) is 6.42 Å². The number of carbonyl (C=O) groups is 2. The maximum absolute atomic E-state index is 11.9. The number of hydrogen-bond acceptors (Lipinski definition) is 2. The molecule has 0 saturated heterocycles. The molecule has 1 atom stereocenters. The molecule has 0 fully saturated rings. The van der Waals surface area contributed by atoms with Gasteiger partial charge in [-0.3, -0.25) is 9.59 Å². The van der Waals surface area contributed by atoms with E-state index in [4.69, 9.17) is 16.7 Å². The summed E-state index contributed by atoms with van der Waals surface area (Å²) >= 11 is 5.76. The molecule has 0 aliphatic carbocycles. The lowest BCUT2D eigenvalue weighted by Gasteiger charge is -2.25. The van der Waals surface area contributed by atoms with Crippen LogP contribution < -0.4 is 5.32 Å². The van der Waals surface area contributed by atoms with E-state index in [1.165, 1.54) is 0 Å². The number of rotatable bonds is 6. The van der Waals surface area contributed by atoms with E-state index in [9.17, 15) is 9.59 Å². The van der Waals surface area contributed by atoms with Gasteiger partial charge in [0.1, 0.15) is 0 Å². The predicted octanol–water partition coefficient (Wildman–Crippen LogP) is 3.56. The van der Waals surface area contributed by atoms with Gasteiger partial charge in [-0.05, 0) is 36.1 Å². The summed E-state index contributed by atoms with van der Waals surface area (Å²) in [6, 6.07) is 6.79. The Morgan fingerprint density at radius 2 is 1.84 bits per heavy atom. The number of amides is 1. The number of carboxylic acid groups (broad SMARTS) is 1. The molecule has 0 heterocycles. The summed E-state index contributed by atoms with van der Waals surface area (Å²) in [5.41, 5.74) is 0.130. The topological polar surface area (TPSA) is 66.4 Å². The van der Waals surface area contributed by atoms with Crippen LogP contribution in [0.15, 0.2) is 24.3 Å². The second-order valence-corrected chi connectivity index (χ2v) is 5.40. The van der Waals surface area contributed by atoms with Crippen molar-refractivity contribution in [2.45, 2.75) is 33.1 Å². The molecule has 0 unspecified atom stereocenters. The lowest BCUT2D eigenvalue weighted by Crippen LogP contribution is -2.27. The summed E-state index contributed by atoms with van der Waals surface area (Å²) in [6.07, 6.45) is 0.795. The first-order valence-corrected chi connectivity index (χ1v) is 6.50. The molecule has 0 aliphatic heterocycles. The van der Waals surface area contributed by atoms with Crippen molar-refractivity contribution in [1.29, 1.82) is 0 Å². The van der Waals surface area contributed by atoms with Crippen molar-refractivity contribution in [3.05, 3.63) is 29.3 Å². The largest absolute Gasteiger partial charge is 0.481 e. The molecule has 1 rings (SSSR count). The van der Waals surface area contributed by atoms with Crippen LogP contribution in [0.3, 0.4) is 0 Å². The summed E-state index contributed by atoms with van der Waals surface area (Å²) in [4.78, 5) is 22.7. The average Bonchev–Trinajstić information content (AvgIpc) is 2.31. The Morgan fingerprint density at radius 1 is 1.26 bits per heavy atom. The summed E-state index contributed by atoms with van der Waals surface area (Å²) in [5.74, 6) is -1.07. The minimum absolute atomic E-state index is 0.0163. The fourth-order valence-electron chi connectivity index (χ4n) is 1.80. The monoisotopic (exact) mass is 283 g/mol. The van der Waals surface area contributed by atoms with Gasteiger partial charge in [0.2, 0.25) is 5.91 Å². The highest BCUT2D eigenvalue weighted by Crippen LogP contribution is 2.30. The second kappa shape index (κ2) is 6.57. The summed E-state index contributed by atoms with van der Waals surface area (Å²) < 4.78 is 0. The van der Waals surface area contributed by atoms with Crippen molar-refractivity contribution in [2.24, 2.45) is 5.41 Å². The van der Waals surface area contributed by atoms with Crippen LogP contribution >= 0.6 is 11.6 Å². The Balaban J connectivity index is 2.63. The van der Waals surface area contributed by atoms with E-state index in [0.29, 0.717) is 17.1 Å². The van der Waals surface area contributed by atoms with Crippen LogP contribution in [-0.2, 0) is 9.59 Å². The third kappa shape index (κ3) is 5.30. The number of anilines is 1. The molecular formula is C14H18ClNO3. The smallest absolute Gasteiger partial charge is 0.303 e. The summed E-state index contributed by atoms with van der Waals surface area (Å²) in [5, 5.41) is 12.2. The molecule has 0 aliphatic rings. The molecule has 0 aromatic heterocycles. The number of hydrogen-bond donors (Lipinski definition) is 2. The standard InChI is InChI=1S/C14H18ClNO3/c1-3-14(2,9-13(18)19)8-12(17)16-11-6-4-10(15)5-7-11/h4-7H,3,8-9H2,1-2H3,(H,16,17)(H,18,19)/t14-/m0/s1. The summed E-state index contributed by atoms with van der Waals surface area (Å²) in [6.45, 7) is 3.70. The molecule has 1 amide bonds. The first-order chi connectivity index (χ1) is 8.84. The van der Waals surface area contributed by atoms with Gasteiger partial charge in [0.15, 0.2) is 0 Å². The van der Waals surface area contributed by atoms with Crippen molar-refractivity contribution in [1.82, 2.24) is 0 Å². The van der Waals surface area contributed by atoms with Crippen molar-refractivity contribution in [3.63, 3.8) is 0 Å². The lowest BCUT2D eigenvalue weighted by atomic mass is 9.80. The molecular weight excluding hydrogens is 266 g/mol. The van der Waals surface area contributed by atoms with Crippen LogP contribution in [0, 0.1) is 5.41 Å². The third-order valence-corrected chi connectivity index (χ3v) is 3.40. The van der Waals surface area contributed by atoms with Crippen LogP contribution in [0.4, 0.5) is 5.69 Å². The van der Waals surface area contributed by atoms with Gasteiger partial charge in [-0.15, -0.1) is 0 Å². The highest BCUT2D eigenvalue weighted by Gasteiger charge is 2.28. The average molecular weight is 284 g/mol. The summed E-state index contributed by atoms with van der Waals surface area (Å²) in [7, 11) is 0. The van der Waals surface area contributed by atoms with E-state index in [2.05, 4.69) is 5.32 Å². The molecule has 4 nitrogen and oxygen atoms in total. The number of benzene rings is 1. The molecule has 0 radical (unpaired) electrons. The lowest BCUT2D eigenvalue weighted by molar-refractivity contribution is -0.140. The fraction of sp³-hybridized carbons (Fsp3) is 0.429. The number of aliphatic carboxylic acids is 1. The Morgan fingerprint density at radius 3 is 2.32 bits per heavy atom. The zero-order valence-electron chi connectivity index (χ0n) is 11.1. The molecule has 19 heavy (non-hydrogen) atoms. The molecule has 0 saturated carbocycles. The van der Waals surface area contributed by atoms with E-state index in [-0.39, 0.29) is 18.7 Å². The predicted molar refractivity (Wildman–Crippen MR) is 75.3 cm³/mol. The molecule has 1 aromatic rings. The molecule has 0 spiro atoms. The molecule has 0 bridgehead atoms. The highest BCUT2D eigenvalue weighted by atomic mass is 35.5. The number of halogens is 1. The highest BCUT2D eigenvalue weighted by molar-refractivity contribution is 6.30. The minimum Gasteiger partial charge on any atom is -0.481 e. The van der Waals surface area contributed by atoms with Gasteiger partial charge < -0.3 is 10.4 Å². The van der Waals surface area contributed by atoms with Gasteiger partial charge in [-0.25, -0.2) is 0 Å². The third-order valence-electron chi connectivity index (χ3n) is 3.15. The Kier molecular flexibility index (Phi) is 5.36. The van der Waals surface area contributed by atoms with E-state index in [0.717, 1.165) is 0 Å². The van der Waals surface area contributed by atoms with Crippen LogP contribution in [0.5, 0.6) is 0 Å². The molecule has 1 aromatic carbocycles. The maximum atomic E-state index is 11.9. The van der Waals surface area contributed by atoms with Crippen LogP contribution in [0.2, 0.25) is 5.02 Å². The number of nitrogens with one attached hydrogen (secondary N) is 1. The first kappa shape index (κ1) is 15.5. The minimum atomic E-state index is -0.886. The van der Waals surface area contributed by atoms with Gasteiger partial charge >= 0.3 is 5.97 Å². The van der Waals surface area contributed by atoms with Crippen molar-refractivity contribution in [2.75, 3.05) is 5.32 Å². The van der Waals surface area contributed by atoms with Crippen molar-refractivity contribution < 1.29 is 14.7 Å². The van der Waals surface area contributed by atoms with E-state index >= 15 is 0 Å². The van der Waals surface area contributed by atoms with Gasteiger partial charge in [-0.1, -0.05) is 25.4 Å². The maximum Gasteiger partial charge on any atom is 0.303 e. The molecule has 2 N–H and O–H groups in total. The number of carboxylic acids is 1. The Bertz CT molecular complexity index is 458. The first-order valence-electron chi connectivity index (χ1n) is 6.12. The zero-order chi connectivity index (χ0) is 14.5. The normalized spacial score (nSPS) is 13.6. The van der Waals surface area contributed by atoms with Gasteiger partial charge in [-0.2, -0.15) is 0 Å². The number of carbonyl (C=O) groups excluding carboxylic acids is 1. The SMILES string of the molecule is CC[C@](C)(CC(=O)O)CC(=O)Nc1ccc(Cl)cc1. The van der Waals surface area contributed by atoms with E-state index < -0.39 is 11.4 Å². The second-order valence-electron chi connectivity index (χ2n) is 4.97. The Hall–Kier alpha value is -1.55. The quantitative estimate of drug-likeness (QED) is 0.839. The van der Waals surface area contributed by atoms with Crippen LogP contribution in [0.1, 0.15) is 33.1 Å². The van der Waals surface area contributed by atoms with E-state index in [1.54, 1.807) is 24.3 Å². The fourth-order valence-corrected chi connectivity index (χ4v) is 1.93. The molecule has 104 valence electrons. The van der Waals surface area contributed by atoms with Crippen LogP contribution in [-0.4, -0.2) is 17.0 Å². The van der Waals surface area contributed by atoms with Gasteiger partial charge in [0, 0.05) is 17.1 Å². The van der Waals surface area contributed by atoms with Crippen molar-refractivity contribution >= 4 is 29.2 Å².